The molecule has 0 saturated heterocycles. The number of hydrogen-bond acceptors (Lipinski definition) is 2. The predicted molar refractivity (Wildman–Crippen MR) is 43.0 cm³/mol. The van der Waals surface area contributed by atoms with Gasteiger partial charge in [0.25, 0.3) is 0 Å². The van der Waals surface area contributed by atoms with Gasteiger partial charge in [0.1, 0.15) is 0 Å². The number of dihydropyridines is 1. The first-order valence-electron chi connectivity index (χ1n) is 3.03. The molecule has 0 aromatic heterocycles. The van der Waals surface area contributed by atoms with Gasteiger partial charge >= 0.3 is 0 Å². The van der Waals surface area contributed by atoms with Crippen molar-refractivity contribution < 1.29 is 0 Å². The zero-order valence-corrected chi connectivity index (χ0v) is 5.78. The molecule has 2 N–H and O–H groups in total. The van der Waals surface area contributed by atoms with E-state index in [1.54, 1.807) is 6.21 Å². The van der Waals surface area contributed by atoms with E-state index in [0.29, 0.717) is 5.84 Å². The van der Waals surface area contributed by atoms with E-state index in [4.69, 9.17) is 5.84 Å². The van der Waals surface area contributed by atoms with Crippen molar-refractivity contribution in [2.75, 3.05) is 0 Å². The fraction of sp³-hybridized carbons (Fsp3) is 0.143. The highest BCUT2D eigenvalue weighted by molar-refractivity contribution is 6.08. The first kappa shape index (κ1) is 6.74. The van der Waals surface area contributed by atoms with Crippen LogP contribution < -0.4 is 5.84 Å². The van der Waals surface area contributed by atoms with E-state index in [1.165, 1.54) is 0 Å². The van der Waals surface area contributed by atoms with Crippen LogP contribution in [0.1, 0.15) is 6.92 Å². The molecule has 1 aliphatic heterocycles. The standard InChI is InChI=1S/C7H9N3/c1-2-6-4-3-5-9-7(6)10-8/h2-5H,8H2,1H3/b6-2?,10-7+. The lowest BCUT2D eigenvalue weighted by Crippen LogP contribution is -2.04. The minimum Gasteiger partial charge on any atom is -0.321 e. The number of nitrogens with two attached hydrogens (primary N) is 1. The van der Waals surface area contributed by atoms with E-state index in [-0.39, 0.29) is 0 Å². The van der Waals surface area contributed by atoms with Crippen LogP contribution in [0, 0.1) is 0 Å². The molecule has 3 nitrogen and oxygen atoms in total. The highest BCUT2D eigenvalue weighted by atomic mass is 15.2. The Balaban J connectivity index is 2.96. The van der Waals surface area contributed by atoms with Gasteiger partial charge in [0.2, 0.25) is 0 Å². The number of rotatable bonds is 0. The summed E-state index contributed by atoms with van der Waals surface area (Å²) in [6.07, 6.45) is 7.35. The van der Waals surface area contributed by atoms with Gasteiger partial charge in [-0.3, -0.25) is 0 Å². The normalized spacial score (nSPS) is 24.5. The zero-order chi connectivity index (χ0) is 7.40. The van der Waals surface area contributed by atoms with Gasteiger partial charge in [-0.1, -0.05) is 6.08 Å². The van der Waals surface area contributed by atoms with Crippen molar-refractivity contribution in [3.8, 4) is 0 Å². The van der Waals surface area contributed by atoms with Gasteiger partial charge in [0, 0.05) is 11.8 Å². The molecule has 0 fully saturated rings. The van der Waals surface area contributed by atoms with Crippen LogP contribution in [0.2, 0.25) is 0 Å². The average Bonchev–Trinajstić information content (AvgIpc) is 2.04. The summed E-state index contributed by atoms with van der Waals surface area (Å²) >= 11 is 0. The molecule has 0 aliphatic carbocycles. The molecule has 1 heterocycles. The topological polar surface area (TPSA) is 50.7 Å². The lowest BCUT2D eigenvalue weighted by molar-refractivity contribution is 1.23. The fourth-order valence-corrected chi connectivity index (χ4v) is 0.743. The Kier molecular flexibility index (Phi) is 1.99. The van der Waals surface area contributed by atoms with E-state index in [1.807, 2.05) is 25.2 Å². The molecule has 10 heavy (non-hydrogen) atoms. The van der Waals surface area contributed by atoms with Gasteiger partial charge in [0.05, 0.1) is 0 Å². The van der Waals surface area contributed by atoms with Crippen LogP contribution in [0.3, 0.4) is 0 Å². The molecule has 0 aromatic carbocycles. The van der Waals surface area contributed by atoms with E-state index in [9.17, 15) is 0 Å². The molecule has 0 saturated carbocycles. The van der Waals surface area contributed by atoms with Crippen LogP contribution in [-0.2, 0) is 0 Å². The number of hydrazone groups is 1. The van der Waals surface area contributed by atoms with Gasteiger partial charge in [-0.15, -0.1) is 0 Å². The highest BCUT2D eigenvalue weighted by Gasteiger charge is 2.01. The summed E-state index contributed by atoms with van der Waals surface area (Å²) in [4.78, 5) is 3.95. The van der Waals surface area contributed by atoms with Crippen LogP contribution >= 0.6 is 0 Å². The number of hydrogen-bond donors (Lipinski definition) is 1. The summed E-state index contributed by atoms with van der Waals surface area (Å²) in [5, 5.41) is 3.50. The molecular weight excluding hydrogens is 126 g/mol. The smallest absolute Gasteiger partial charge is 0.178 e. The third-order valence-corrected chi connectivity index (χ3v) is 1.25. The van der Waals surface area contributed by atoms with Crippen LogP contribution in [-0.4, -0.2) is 12.1 Å². The average molecular weight is 135 g/mol. The Labute approximate surface area is 59.6 Å². The summed E-state index contributed by atoms with van der Waals surface area (Å²) in [7, 11) is 0. The van der Waals surface area contributed by atoms with Crippen molar-refractivity contribution in [1.29, 1.82) is 0 Å². The quantitative estimate of drug-likeness (QED) is 0.388. The Morgan fingerprint density at radius 2 is 2.50 bits per heavy atom. The molecule has 1 rings (SSSR count). The van der Waals surface area contributed by atoms with E-state index < -0.39 is 0 Å². The van der Waals surface area contributed by atoms with Gasteiger partial charge in [-0.2, -0.15) is 5.10 Å². The predicted octanol–water partition coefficient (Wildman–Crippen LogP) is 0.846. The molecule has 0 amide bonds. The number of allylic oxidation sites excluding steroid dienone is 2. The Morgan fingerprint density at radius 3 is 3.00 bits per heavy atom. The maximum absolute atomic E-state index is 5.07. The van der Waals surface area contributed by atoms with Crippen LogP contribution in [0.5, 0.6) is 0 Å². The summed E-state index contributed by atoms with van der Waals surface area (Å²) < 4.78 is 0. The lowest BCUT2D eigenvalue weighted by atomic mass is 10.2. The maximum Gasteiger partial charge on any atom is 0.178 e. The van der Waals surface area contributed by atoms with E-state index in [0.717, 1.165) is 5.57 Å². The monoisotopic (exact) mass is 135 g/mol. The molecular formula is C7H9N3. The summed E-state index contributed by atoms with van der Waals surface area (Å²) in [6, 6.07) is 0. The third-order valence-electron chi connectivity index (χ3n) is 1.25. The Hall–Kier alpha value is -1.38. The summed E-state index contributed by atoms with van der Waals surface area (Å²) in [5.74, 6) is 5.66. The second kappa shape index (κ2) is 2.96. The second-order valence-electron chi connectivity index (χ2n) is 1.83. The highest BCUT2D eigenvalue weighted by Crippen LogP contribution is 2.04. The number of nitrogens with zero attached hydrogens (tertiary/aromatic N) is 2. The molecule has 0 unspecified atom stereocenters. The fourth-order valence-electron chi connectivity index (χ4n) is 0.743. The SMILES string of the molecule is CC=C1C=CC=N/C1=N/N. The zero-order valence-electron chi connectivity index (χ0n) is 5.78. The Morgan fingerprint density at radius 1 is 1.70 bits per heavy atom. The summed E-state index contributed by atoms with van der Waals surface area (Å²) in [6.45, 7) is 1.92. The molecule has 0 bridgehead atoms. The van der Waals surface area contributed by atoms with Gasteiger partial charge in [-0.05, 0) is 19.1 Å². The van der Waals surface area contributed by atoms with Crippen molar-refractivity contribution in [3.63, 3.8) is 0 Å². The molecule has 0 aromatic rings. The first-order chi connectivity index (χ1) is 4.88. The van der Waals surface area contributed by atoms with Crippen molar-refractivity contribution >= 4 is 12.1 Å². The number of aliphatic imine (C=N–C) groups is 1. The number of amidine groups is 1. The lowest BCUT2D eigenvalue weighted by Gasteiger charge is -2.01. The molecule has 0 atom stereocenters. The maximum atomic E-state index is 5.07. The molecule has 0 spiro atoms. The molecule has 3 heteroatoms. The van der Waals surface area contributed by atoms with Gasteiger partial charge in [-0.25, -0.2) is 4.99 Å². The Bertz CT molecular complexity index is 207. The summed E-state index contributed by atoms with van der Waals surface area (Å²) in [5.41, 5.74) is 0.963. The minimum absolute atomic E-state index is 0.588. The van der Waals surface area contributed by atoms with Crippen LogP contribution in [0.4, 0.5) is 0 Å². The molecule has 0 radical (unpaired) electrons. The van der Waals surface area contributed by atoms with E-state index in [2.05, 4.69) is 10.1 Å². The van der Waals surface area contributed by atoms with Gasteiger partial charge < -0.3 is 5.84 Å². The molecule has 1 aliphatic rings. The largest absolute Gasteiger partial charge is 0.321 e. The second-order valence-corrected chi connectivity index (χ2v) is 1.83. The van der Waals surface area contributed by atoms with Crippen molar-refractivity contribution in [3.05, 3.63) is 23.8 Å². The molecule has 52 valence electrons. The van der Waals surface area contributed by atoms with Crippen LogP contribution in [0.25, 0.3) is 0 Å². The van der Waals surface area contributed by atoms with Crippen LogP contribution in [0.15, 0.2) is 33.9 Å². The van der Waals surface area contributed by atoms with Crippen molar-refractivity contribution in [1.82, 2.24) is 0 Å². The minimum atomic E-state index is 0.588. The van der Waals surface area contributed by atoms with Gasteiger partial charge in [0.15, 0.2) is 5.84 Å². The first-order valence-corrected chi connectivity index (χ1v) is 3.03. The van der Waals surface area contributed by atoms with Crippen molar-refractivity contribution in [2.45, 2.75) is 6.92 Å². The van der Waals surface area contributed by atoms with Crippen molar-refractivity contribution in [2.24, 2.45) is 15.9 Å². The van der Waals surface area contributed by atoms with E-state index >= 15 is 0 Å². The third kappa shape index (κ3) is 1.13.